The molecule has 1 amide bonds. The Morgan fingerprint density at radius 1 is 1.59 bits per heavy atom. The first kappa shape index (κ1) is 13.5. The number of carbonyl (C=O) groups is 1. The van der Waals surface area contributed by atoms with Gasteiger partial charge in [0.1, 0.15) is 5.75 Å². The number of aliphatic hydroxyl groups is 1. The maximum absolute atomic E-state index is 11.3. The number of hydrogen-bond acceptors (Lipinski definition) is 3. The smallest absolute Gasteiger partial charge is 0.258 e. The van der Waals surface area contributed by atoms with Crippen LogP contribution in [0.5, 0.6) is 5.75 Å². The van der Waals surface area contributed by atoms with Crippen LogP contribution in [0.1, 0.15) is 5.56 Å². The summed E-state index contributed by atoms with van der Waals surface area (Å²) >= 11 is 5.87. The Hall–Kier alpha value is -1.52. The maximum atomic E-state index is 11.3. The molecule has 0 atom stereocenters. The summed E-state index contributed by atoms with van der Waals surface area (Å²) in [5, 5.41) is 12.1. The standard InChI is InChI=1S/C12H14ClNO3/c1-2-6-14-12(16)8-17-11-5-3-4-10(13)9(11)7-15/h2-5,15H,1,6-8H2,(H,14,16). The highest BCUT2D eigenvalue weighted by atomic mass is 35.5. The molecule has 0 spiro atoms. The van der Waals surface area contributed by atoms with Crippen molar-refractivity contribution in [2.75, 3.05) is 13.2 Å². The van der Waals surface area contributed by atoms with Crippen molar-refractivity contribution >= 4 is 17.5 Å². The number of hydrogen-bond donors (Lipinski definition) is 2. The van der Waals surface area contributed by atoms with Gasteiger partial charge in [-0.15, -0.1) is 6.58 Å². The fourth-order valence-corrected chi connectivity index (χ4v) is 1.43. The van der Waals surface area contributed by atoms with Crippen LogP contribution in [0.3, 0.4) is 0 Å². The Balaban J connectivity index is 2.60. The molecule has 0 aliphatic heterocycles. The Morgan fingerprint density at radius 2 is 2.35 bits per heavy atom. The van der Waals surface area contributed by atoms with Crippen LogP contribution in [0.4, 0.5) is 0 Å². The molecule has 92 valence electrons. The van der Waals surface area contributed by atoms with Crippen LogP contribution >= 0.6 is 11.6 Å². The van der Waals surface area contributed by atoms with Gasteiger partial charge in [0.2, 0.25) is 0 Å². The topological polar surface area (TPSA) is 58.6 Å². The highest BCUT2D eigenvalue weighted by Gasteiger charge is 2.08. The zero-order valence-corrected chi connectivity index (χ0v) is 10.0. The number of ether oxygens (including phenoxy) is 1. The zero-order valence-electron chi connectivity index (χ0n) is 9.28. The third-order valence-electron chi connectivity index (χ3n) is 2.04. The summed E-state index contributed by atoms with van der Waals surface area (Å²) in [6, 6.07) is 4.99. The molecule has 17 heavy (non-hydrogen) atoms. The van der Waals surface area contributed by atoms with Crippen molar-refractivity contribution < 1.29 is 14.6 Å². The normalized spacial score (nSPS) is 9.76. The summed E-state index contributed by atoms with van der Waals surface area (Å²) in [6.07, 6.45) is 1.58. The molecular formula is C12H14ClNO3. The molecule has 4 nitrogen and oxygen atoms in total. The average molecular weight is 256 g/mol. The fraction of sp³-hybridized carbons (Fsp3) is 0.250. The van der Waals surface area contributed by atoms with E-state index in [1.807, 2.05) is 0 Å². The third kappa shape index (κ3) is 4.09. The first-order valence-electron chi connectivity index (χ1n) is 5.07. The van der Waals surface area contributed by atoms with Crippen molar-refractivity contribution in [3.8, 4) is 5.75 Å². The third-order valence-corrected chi connectivity index (χ3v) is 2.39. The second-order valence-corrected chi connectivity index (χ2v) is 3.66. The van der Waals surface area contributed by atoms with Crippen molar-refractivity contribution in [1.29, 1.82) is 0 Å². The molecule has 2 N–H and O–H groups in total. The minimum absolute atomic E-state index is 0.124. The van der Waals surface area contributed by atoms with Crippen LogP contribution in [0, 0.1) is 0 Å². The van der Waals surface area contributed by atoms with E-state index in [0.717, 1.165) is 0 Å². The molecule has 1 aromatic carbocycles. The van der Waals surface area contributed by atoms with Gasteiger partial charge in [-0.2, -0.15) is 0 Å². The molecule has 5 heteroatoms. The largest absolute Gasteiger partial charge is 0.483 e. The molecule has 0 saturated carbocycles. The van der Waals surface area contributed by atoms with Gasteiger partial charge < -0.3 is 15.2 Å². The number of amides is 1. The molecule has 0 aliphatic carbocycles. The minimum Gasteiger partial charge on any atom is -0.483 e. The lowest BCUT2D eigenvalue weighted by Gasteiger charge is -2.10. The second kappa shape index (κ2) is 6.93. The van der Waals surface area contributed by atoms with Gasteiger partial charge in [0.05, 0.1) is 6.61 Å². The Labute approximate surface area is 105 Å². The van der Waals surface area contributed by atoms with Gasteiger partial charge in [-0.05, 0) is 12.1 Å². The molecule has 0 bridgehead atoms. The van der Waals surface area contributed by atoms with E-state index in [1.54, 1.807) is 24.3 Å². The van der Waals surface area contributed by atoms with Crippen molar-refractivity contribution in [2.24, 2.45) is 0 Å². The molecule has 1 rings (SSSR count). The maximum Gasteiger partial charge on any atom is 0.258 e. The molecular weight excluding hydrogens is 242 g/mol. The van der Waals surface area contributed by atoms with E-state index in [9.17, 15) is 4.79 Å². The summed E-state index contributed by atoms with van der Waals surface area (Å²) in [5.41, 5.74) is 0.477. The summed E-state index contributed by atoms with van der Waals surface area (Å²) < 4.78 is 5.28. The van der Waals surface area contributed by atoms with Crippen molar-refractivity contribution in [3.05, 3.63) is 41.4 Å². The van der Waals surface area contributed by atoms with E-state index < -0.39 is 0 Å². The van der Waals surface area contributed by atoms with E-state index in [1.165, 1.54) is 0 Å². The van der Waals surface area contributed by atoms with Crippen molar-refractivity contribution in [2.45, 2.75) is 6.61 Å². The summed E-state index contributed by atoms with van der Waals surface area (Å²) in [5.74, 6) is 0.155. The highest BCUT2D eigenvalue weighted by Crippen LogP contribution is 2.26. The predicted octanol–water partition coefficient (Wildman–Crippen LogP) is 1.51. The van der Waals surface area contributed by atoms with Gasteiger partial charge >= 0.3 is 0 Å². The van der Waals surface area contributed by atoms with Gasteiger partial charge in [0.25, 0.3) is 5.91 Å². The fourth-order valence-electron chi connectivity index (χ4n) is 1.21. The van der Waals surface area contributed by atoms with Crippen LogP contribution < -0.4 is 10.1 Å². The number of rotatable bonds is 6. The van der Waals surface area contributed by atoms with E-state index in [0.29, 0.717) is 22.9 Å². The molecule has 0 aromatic heterocycles. The van der Waals surface area contributed by atoms with Crippen LogP contribution in [-0.2, 0) is 11.4 Å². The van der Waals surface area contributed by atoms with E-state index in [-0.39, 0.29) is 19.1 Å². The zero-order chi connectivity index (χ0) is 12.7. The van der Waals surface area contributed by atoms with Gasteiger partial charge in [0, 0.05) is 17.1 Å². The number of nitrogens with one attached hydrogen (secondary N) is 1. The molecule has 0 radical (unpaired) electrons. The number of halogens is 1. The first-order valence-corrected chi connectivity index (χ1v) is 5.45. The molecule has 0 unspecified atom stereocenters. The van der Waals surface area contributed by atoms with Crippen LogP contribution in [-0.4, -0.2) is 24.2 Å². The lowest BCUT2D eigenvalue weighted by atomic mass is 10.2. The van der Waals surface area contributed by atoms with Crippen LogP contribution in [0.25, 0.3) is 0 Å². The van der Waals surface area contributed by atoms with Gasteiger partial charge in [-0.1, -0.05) is 23.7 Å². The van der Waals surface area contributed by atoms with Crippen molar-refractivity contribution in [3.63, 3.8) is 0 Å². The highest BCUT2D eigenvalue weighted by molar-refractivity contribution is 6.31. The number of aliphatic hydroxyl groups excluding tert-OH is 1. The first-order chi connectivity index (χ1) is 8.19. The summed E-state index contributed by atoms with van der Waals surface area (Å²) in [4.78, 5) is 11.3. The predicted molar refractivity (Wildman–Crippen MR) is 66.1 cm³/mol. The lowest BCUT2D eigenvalue weighted by Crippen LogP contribution is -2.28. The quantitative estimate of drug-likeness (QED) is 0.758. The summed E-state index contributed by atoms with van der Waals surface area (Å²) in [7, 11) is 0. The van der Waals surface area contributed by atoms with E-state index in [2.05, 4.69) is 11.9 Å². The molecule has 0 aliphatic rings. The van der Waals surface area contributed by atoms with Crippen LogP contribution in [0.2, 0.25) is 5.02 Å². The monoisotopic (exact) mass is 255 g/mol. The molecule has 0 saturated heterocycles. The SMILES string of the molecule is C=CCNC(=O)COc1cccc(Cl)c1CO. The average Bonchev–Trinajstić information content (AvgIpc) is 2.33. The van der Waals surface area contributed by atoms with Gasteiger partial charge in [0.15, 0.2) is 6.61 Å². The Bertz CT molecular complexity index is 407. The molecule has 0 heterocycles. The molecule has 1 aromatic rings. The molecule has 0 fully saturated rings. The second-order valence-electron chi connectivity index (χ2n) is 3.26. The minimum atomic E-state index is -0.256. The van der Waals surface area contributed by atoms with E-state index >= 15 is 0 Å². The number of carbonyl (C=O) groups excluding carboxylic acids is 1. The van der Waals surface area contributed by atoms with Gasteiger partial charge in [-0.25, -0.2) is 0 Å². The summed E-state index contributed by atoms with van der Waals surface area (Å²) in [6.45, 7) is 3.52. The van der Waals surface area contributed by atoms with Gasteiger partial charge in [-0.3, -0.25) is 4.79 Å². The van der Waals surface area contributed by atoms with Crippen molar-refractivity contribution in [1.82, 2.24) is 5.32 Å². The Morgan fingerprint density at radius 3 is 3.00 bits per heavy atom. The number of benzene rings is 1. The Kier molecular flexibility index (Phi) is 5.52. The lowest BCUT2D eigenvalue weighted by molar-refractivity contribution is -0.122. The van der Waals surface area contributed by atoms with Crippen LogP contribution in [0.15, 0.2) is 30.9 Å². The van der Waals surface area contributed by atoms with E-state index in [4.69, 9.17) is 21.4 Å².